The molecule has 0 spiro atoms. The lowest BCUT2D eigenvalue weighted by atomic mass is 10.1. The number of nitrogens with two attached hydrogens (primary N) is 1. The predicted octanol–water partition coefficient (Wildman–Crippen LogP) is 1.76. The molecule has 1 saturated heterocycles. The number of rotatable bonds is 5. The van der Waals surface area contributed by atoms with Crippen molar-refractivity contribution in [2.24, 2.45) is 11.7 Å². The quantitative estimate of drug-likeness (QED) is 0.860. The van der Waals surface area contributed by atoms with E-state index in [1.165, 1.54) is 0 Å². The second-order valence-electron chi connectivity index (χ2n) is 6.52. The SMILES string of the molecule is Cc1ccc(N2CC(C(=O)NCc3cccc(C(N)=O)c3)CC2=O)cc1. The van der Waals surface area contributed by atoms with Gasteiger partial charge < -0.3 is 16.0 Å². The first-order chi connectivity index (χ1) is 12.4. The summed E-state index contributed by atoms with van der Waals surface area (Å²) in [6.45, 7) is 2.64. The van der Waals surface area contributed by atoms with Gasteiger partial charge in [0, 0.05) is 30.8 Å². The smallest absolute Gasteiger partial charge is 0.248 e. The Hall–Kier alpha value is -3.15. The summed E-state index contributed by atoms with van der Waals surface area (Å²) in [5, 5.41) is 2.84. The fourth-order valence-electron chi connectivity index (χ4n) is 3.03. The van der Waals surface area contributed by atoms with E-state index < -0.39 is 5.91 Å². The molecule has 6 nitrogen and oxygen atoms in total. The minimum atomic E-state index is -0.506. The summed E-state index contributed by atoms with van der Waals surface area (Å²) < 4.78 is 0. The minimum absolute atomic E-state index is 0.0512. The number of nitrogens with zero attached hydrogens (tertiary/aromatic N) is 1. The van der Waals surface area contributed by atoms with Crippen molar-refractivity contribution in [1.29, 1.82) is 0 Å². The third-order valence-electron chi connectivity index (χ3n) is 4.52. The zero-order valence-electron chi connectivity index (χ0n) is 14.6. The highest BCUT2D eigenvalue weighted by molar-refractivity contribution is 6.00. The summed E-state index contributed by atoms with van der Waals surface area (Å²) in [6, 6.07) is 14.5. The van der Waals surface area contributed by atoms with Crippen molar-refractivity contribution in [1.82, 2.24) is 5.32 Å². The van der Waals surface area contributed by atoms with Crippen molar-refractivity contribution >= 4 is 23.4 Å². The first-order valence-corrected chi connectivity index (χ1v) is 8.47. The molecule has 1 aliphatic rings. The van der Waals surface area contributed by atoms with Crippen molar-refractivity contribution in [2.75, 3.05) is 11.4 Å². The molecular weight excluding hydrogens is 330 g/mol. The summed E-state index contributed by atoms with van der Waals surface area (Å²) in [7, 11) is 0. The highest BCUT2D eigenvalue weighted by atomic mass is 16.2. The van der Waals surface area contributed by atoms with E-state index in [-0.39, 0.29) is 30.7 Å². The number of carbonyl (C=O) groups excluding carboxylic acids is 3. The summed E-state index contributed by atoms with van der Waals surface area (Å²) >= 11 is 0. The van der Waals surface area contributed by atoms with Gasteiger partial charge in [0.1, 0.15) is 0 Å². The van der Waals surface area contributed by atoms with Crippen LogP contribution in [0.2, 0.25) is 0 Å². The number of benzene rings is 2. The molecule has 2 aromatic rings. The number of hydrogen-bond acceptors (Lipinski definition) is 3. The Balaban J connectivity index is 1.60. The maximum Gasteiger partial charge on any atom is 0.248 e. The minimum Gasteiger partial charge on any atom is -0.366 e. The van der Waals surface area contributed by atoms with Gasteiger partial charge in [-0.2, -0.15) is 0 Å². The van der Waals surface area contributed by atoms with Gasteiger partial charge in [-0.25, -0.2) is 0 Å². The van der Waals surface area contributed by atoms with Gasteiger partial charge in [0.25, 0.3) is 0 Å². The van der Waals surface area contributed by atoms with Gasteiger partial charge in [-0.3, -0.25) is 14.4 Å². The Kier molecular flexibility index (Phi) is 5.02. The zero-order chi connectivity index (χ0) is 18.7. The molecule has 0 radical (unpaired) electrons. The normalized spacial score (nSPS) is 16.6. The molecule has 0 bridgehead atoms. The summed E-state index contributed by atoms with van der Waals surface area (Å²) in [5.74, 6) is -1.11. The van der Waals surface area contributed by atoms with Crippen LogP contribution in [0, 0.1) is 12.8 Å². The van der Waals surface area contributed by atoms with Crippen LogP contribution in [-0.2, 0) is 16.1 Å². The first kappa shape index (κ1) is 17.7. The Bertz CT molecular complexity index is 846. The van der Waals surface area contributed by atoms with Gasteiger partial charge in [0.05, 0.1) is 5.92 Å². The van der Waals surface area contributed by atoms with E-state index in [1.54, 1.807) is 23.1 Å². The Morgan fingerprint density at radius 3 is 2.62 bits per heavy atom. The Labute approximate surface area is 152 Å². The van der Waals surface area contributed by atoms with Crippen LogP contribution in [0.5, 0.6) is 0 Å². The van der Waals surface area contributed by atoms with Crippen molar-refractivity contribution < 1.29 is 14.4 Å². The summed E-state index contributed by atoms with van der Waals surface area (Å²) in [5.41, 5.74) is 8.38. The largest absolute Gasteiger partial charge is 0.366 e. The van der Waals surface area contributed by atoms with E-state index in [2.05, 4.69) is 5.32 Å². The van der Waals surface area contributed by atoms with Crippen LogP contribution in [0.1, 0.15) is 27.9 Å². The molecule has 3 N–H and O–H groups in total. The molecule has 0 aromatic heterocycles. The van der Waals surface area contributed by atoms with Crippen LogP contribution in [0.3, 0.4) is 0 Å². The molecule has 1 aliphatic heterocycles. The summed E-state index contributed by atoms with van der Waals surface area (Å²) in [4.78, 5) is 37.6. The molecular formula is C20H21N3O3. The fraction of sp³-hybridized carbons (Fsp3) is 0.250. The van der Waals surface area contributed by atoms with E-state index in [9.17, 15) is 14.4 Å². The van der Waals surface area contributed by atoms with Crippen molar-refractivity contribution in [2.45, 2.75) is 19.9 Å². The summed E-state index contributed by atoms with van der Waals surface area (Å²) in [6.07, 6.45) is 0.195. The van der Waals surface area contributed by atoms with Crippen molar-refractivity contribution in [3.8, 4) is 0 Å². The molecule has 0 saturated carbocycles. The van der Waals surface area contributed by atoms with E-state index in [0.29, 0.717) is 12.1 Å². The molecule has 1 unspecified atom stereocenters. The lowest BCUT2D eigenvalue weighted by molar-refractivity contribution is -0.126. The molecule has 3 rings (SSSR count). The molecule has 1 fully saturated rings. The number of hydrogen-bond donors (Lipinski definition) is 2. The number of amides is 3. The zero-order valence-corrected chi connectivity index (χ0v) is 14.6. The van der Waals surface area contributed by atoms with Gasteiger partial charge in [-0.15, -0.1) is 0 Å². The topological polar surface area (TPSA) is 92.5 Å². The fourth-order valence-corrected chi connectivity index (χ4v) is 3.03. The molecule has 1 atom stereocenters. The number of primary amides is 1. The van der Waals surface area contributed by atoms with Crippen LogP contribution in [0.25, 0.3) is 0 Å². The number of nitrogens with one attached hydrogen (secondary N) is 1. The molecule has 2 aromatic carbocycles. The molecule has 0 aliphatic carbocycles. The van der Waals surface area contributed by atoms with Gasteiger partial charge in [-0.05, 0) is 36.8 Å². The lowest BCUT2D eigenvalue weighted by Gasteiger charge is -2.17. The average Bonchev–Trinajstić information content (AvgIpc) is 3.02. The monoisotopic (exact) mass is 351 g/mol. The second-order valence-corrected chi connectivity index (χ2v) is 6.52. The highest BCUT2D eigenvalue weighted by Gasteiger charge is 2.34. The van der Waals surface area contributed by atoms with Gasteiger partial charge in [-0.1, -0.05) is 29.8 Å². The third kappa shape index (κ3) is 3.91. The molecule has 134 valence electrons. The maximum absolute atomic E-state index is 12.4. The third-order valence-corrected chi connectivity index (χ3v) is 4.52. The van der Waals surface area contributed by atoms with Gasteiger partial charge in [0.2, 0.25) is 17.7 Å². The number of aryl methyl sites for hydroxylation is 1. The standard InChI is InChI=1S/C20H21N3O3/c1-13-5-7-17(8-6-13)23-12-16(10-18(23)24)20(26)22-11-14-3-2-4-15(9-14)19(21)25/h2-9,16H,10-12H2,1H3,(H2,21,25)(H,22,26). The first-order valence-electron chi connectivity index (χ1n) is 8.47. The molecule has 6 heteroatoms. The van der Waals surface area contributed by atoms with E-state index in [4.69, 9.17) is 5.73 Å². The van der Waals surface area contributed by atoms with E-state index in [0.717, 1.165) is 16.8 Å². The average molecular weight is 351 g/mol. The van der Waals surface area contributed by atoms with E-state index in [1.807, 2.05) is 37.3 Å². The lowest BCUT2D eigenvalue weighted by Crippen LogP contribution is -2.32. The van der Waals surface area contributed by atoms with Crippen LogP contribution in [0.15, 0.2) is 48.5 Å². The second kappa shape index (κ2) is 7.39. The van der Waals surface area contributed by atoms with Crippen molar-refractivity contribution in [3.05, 3.63) is 65.2 Å². The van der Waals surface area contributed by atoms with Crippen LogP contribution < -0.4 is 16.0 Å². The molecule has 1 heterocycles. The maximum atomic E-state index is 12.4. The van der Waals surface area contributed by atoms with Gasteiger partial charge >= 0.3 is 0 Å². The Morgan fingerprint density at radius 1 is 1.19 bits per heavy atom. The molecule has 3 amide bonds. The van der Waals surface area contributed by atoms with Crippen LogP contribution in [-0.4, -0.2) is 24.3 Å². The highest BCUT2D eigenvalue weighted by Crippen LogP contribution is 2.25. The number of anilines is 1. The van der Waals surface area contributed by atoms with Crippen LogP contribution in [0.4, 0.5) is 5.69 Å². The van der Waals surface area contributed by atoms with Gasteiger partial charge in [0.15, 0.2) is 0 Å². The Morgan fingerprint density at radius 2 is 1.92 bits per heavy atom. The number of carbonyl (C=O) groups is 3. The van der Waals surface area contributed by atoms with Crippen molar-refractivity contribution in [3.63, 3.8) is 0 Å². The molecule has 26 heavy (non-hydrogen) atoms. The van der Waals surface area contributed by atoms with Crippen LogP contribution >= 0.6 is 0 Å². The van der Waals surface area contributed by atoms with E-state index >= 15 is 0 Å². The predicted molar refractivity (Wildman–Crippen MR) is 98.4 cm³/mol.